The Kier molecular flexibility index (Phi) is 7.92. The van der Waals surface area contributed by atoms with Crippen LogP contribution in [0.5, 0.6) is 11.5 Å². The lowest BCUT2D eigenvalue weighted by molar-refractivity contribution is 0.0953. The third-order valence-electron chi connectivity index (χ3n) is 5.16. The summed E-state index contributed by atoms with van der Waals surface area (Å²) in [6.07, 6.45) is 1.08. The van der Waals surface area contributed by atoms with Crippen molar-refractivity contribution in [1.82, 2.24) is 9.62 Å². The van der Waals surface area contributed by atoms with E-state index in [0.29, 0.717) is 49.8 Å². The number of hydrogen-bond donors (Lipinski definition) is 1. The van der Waals surface area contributed by atoms with Gasteiger partial charge in [0.25, 0.3) is 5.91 Å². The Labute approximate surface area is 184 Å². The van der Waals surface area contributed by atoms with Gasteiger partial charge in [0.2, 0.25) is 10.0 Å². The average molecular weight is 447 g/mol. The first-order valence-electron chi connectivity index (χ1n) is 10.7. The fourth-order valence-corrected chi connectivity index (χ4v) is 5.06. The van der Waals surface area contributed by atoms with Gasteiger partial charge in [-0.2, -0.15) is 4.31 Å². The van der Waals surface area contributed by atoms with E-state index >= 15 is 0 Å². The van der Waals surface area contributed by atoms with E-state index in [1.54, 1.807) is 18.2 Å². The second-order valence-corrected chi connectivity index (χ2v) is 9.39. The predicted octanol–water partition coefficient (Wildman–Crippen LogP) is 2.99. The highest BCUT2D eigenvalue weighted by atomic mass is 32.2. The number of carbonyl (C=O) groups excluding carboxylic acids is 1. The van der Waals surface area contributed by atoms with E-state index in [0.717, 1.165) is 12.0 Å². The predicted molar refractivity (Wildman–Crippen MR) is 120 cm³/mol. The summed E-state index contributed by atoms with van der Waals surface area (Å²) in [7, 11) is -3.37. The Balaban J connectivity index is 1.51. The van der Waals surface area contributed by atoms with Crippen molar-refractivity contribution in [3.8, 4) is 11.5 Å². The molecule has 0 bridgehead atoms. The van der Waals surface area contributed by atoms with Crippen LogP contribution in [0.3, 0.4) is 0 Å². The van der Waals surface area contributed by atoms with Crippen LogP contribution < -0.4 is 14.8 Å². The number of nitrogens with one attached hydrogen (secondary N) is 1. The standard InChI is InChI=1S/C23H30N2O5S/c1-3-29-21-11-10-19(16-22(21)30-4-2)23(26)24-13-7-15-31(27,28)25-14-12-18-8-5-6-9-20(18)17-25/h5-6,8-11,16H,3-4,7,12-15,17H2,1-2H3,(H,24,26). The van der Waals surface area contributed by atoms with Crippen molar-refractivity contribution in [2.24, 2.45) is 0 Å². The summed E-state index contributed by atoms with van der Waals surface area (Å²) in [6, 6.07) is 13.0. The van der Waals surface area contributed by atoms with E-state index in [-0.39, 0.29) is 18.2 Å². The molecule has 168 valence electrons. The van der Waals surface area contributed by atoms with Crippen molar-refractivity contribution in [2.75, 3.05) is 32.1 Å². The first-order chi connectivity index (χ1) is 14.9. The molecule has 2 aromatic rings. The molecule has 2 aromatic carbocycles. The molecule has 1 aliphatic heterocycles. The van der Waals surface area contributed by atoms with Crippen LogP contribution in [0.2, 0.25) is 0 Å². The molecule has 0 saturated carbocycles. The Hall–Kier alpha value is -2.58. The van der Waals surface area contributed by atoms with Crippen LogP contribution in [0.1, 0.15) is 41.8 Å². The smallest absolute Gasteiger partial charge is 0.251 e. The van der Waals surface area contributed by atoms with Crippen LogP contribution in [-0.2, 0) is 23.0 Å². The number of sulfonamides is 1. The van der Waals surface area contributed by atoms with Gasteiger partial charge in [0, 0.05) is 25.2 Å². The van der Waals surface area contributed by atoms with E-state index in [1.165, 1.54) is 9.87 Å². The number of fused-ring (bicyclic) bond motifs is 1. The van der Waals surface area contributed by atoms with Gasteiger partial charge in [0.15, 0.2) is 11.5 Å². The molecule has 1 N–H and O–H groups in total. The van der Waals surface area contributed by atoms with E-state index in [4.69, 9.17) is 9.47 Å². The number of nitrogens with zero attached hydrogens (tertiary/aromatic N) is 1. The zero-order chi connectivity index (χ0) is 22.3. The third-order valence-corrected chi connectivity index (χ3v) is 7.06. The lowest BCUT2D eigenvalue weighted by Gasteiger charge is -2.28. The molecule has 0 aromatic heterocycles. The minimum atomic E-state index is -3.37. The van der Waals surface area contributed by atoms with Gasteiger partial charge in [-0.05, 0) is 56.0 Å². The van der Waals surface area contributed by atoms with Gasteiger partial charge in [-0.25, -0.2) is 8.42 Å². The monoisotopic (exact) mass is 446 g/mol. The Bertz CT molecular complexity index is 1010. The average Bonchev–Trinajstić information content (AvgIpc) is 2.77. The number of hydrogen-bond acceptors (Lipinski definition) is 5. The van der Waals surface area contributed by atoms with Crippen molar-refractivity contribution in [2.45, 2.75) is 33.2 Å². The number of rotatable bonds is 10. The van der Waals surface area contributed by atoms with Gasteiger partial charge in [-0.1, -0.05) is 24.3 Å². The van der Waals surface area contributed by atoms with E-state index in [1.807, 2.05) is 38.1 Å². The van der Waals surface area contributed by atoms with Crippen molar-refractivity contribution >= 4 is 15.9 Å². The first kappa shape index (κ1) is 23.1. The Morgan fingerprint density at radius 3 is 2.48 bits per heavy atom. The molecular weight excluding hydrogens is 416 g/mol. The molecule has 0 spiro atoms. The first-order valence-corrected chi connectivity index (χ1v) is 12.3. The molecule has 0 radical (unpaired) electrons. The van der Waals surface area contributed by atoms with Crippen LogP contribution in [-0.4, -0.2) is 50.7 Å². The summed E-state index contributed by atoms with van der Waals surface area (Å²) in [5, 5.41) is 2.79. The number of ether oxygens (including phenoxy) is 2. The molecule has 1 heterocycles. The molecule has 1 aliphatic rings. The number of amides is 1. The normalized spacial score (nSPS) is 14.0. The SMILES string of the molecule is CCOc1ccc(C(=O)NCCCS(=O)(=O)N2CCc3ccccc3C2)cc1OCC. The number of benzene rings is 2. The highest BCUT2D eigenvalue weighted by Gasteiger charge is 2.26. The van der Waals surface area contributed by atoms with Crippen molar-refractivity contribution in [3.05, 3.63) is 59.2 Å². The van der Waals surface area contributed by atoms with E-state index in [9.17, 15) is 13.2 Å². The molecule has 8 heteroatoms. The number of carbonyl (C=O) groups is 1. The topological polar surface area (TPSA) is 84.9 Å². The molecule has 0 aliphatic carbocycles. The van der Waals surface area contributed by atoms with Crippen LogP contribution in [0.25, 0.3) is 0 Å². The van der Waals surface area contributed by atoms with Crippen LogP contribution in [0.15, 0.2) is 42.5 Å². The molecule has 31 heavy (non-hydrogen) atoms. The summed E-state index contributed by atoms with van der Waals surface area (Å²) >= 11 is 0. The molecule has 0 unspecified atom stereocenters. The maximum atomic E-state index is 12.7. The van der Waals surface area contributed by atoms with E-state index < -0.39 is 10.0 Å². The third kappa shape index (κ3) is 5.98. The van der Waals surface area contributed by atoms with Gasteiger partial charge < -0.3 is 14.8 Å². The quantitative estimate of drug-likeness (QED) is 0.567. The molecule has 0 atom stereocenters. The maximum absolute atomic E-state index is 12.7. The van der Waals surface area contributed by atoms with Gasteiger partial charge in [-0.3, -0.25) is 4.79 Å². The second kappa shape index (κ2) is 10.6. The molecule has 0 fully saturated rings. The summed E-state index contributed by atoms with van der Waals surface area (Å²) in [5.41, 5.74) is 2.72. The van der Waals surface area contributed by atoms with Gasteiger partial charge in [0.1, 0.15) is 0 Å². The molecule has 3 rings (SSSR count). The minimum absolute atomic E-state index is 0.00290. The Morgan fingerprint density at radius 1 is 1.03 bits per heavy atom. The summed E-state index contributed by atoms with van der Waals surface area (Å²) < 4.78 is 38.0. The maximum Gasteiger partial charge on any atom is 0.251 e. The molecule has 7 nitrogen and oxygen atoms in total. The van der Waals surface area contributed by atoms with Crippen LogP contribution in [0, 0.1) is 0 Å². The highest BCUT2D eigenvalue weighted by Crippen LogP contribution is 2.28. The zero-order valence-corrected chi connectivity index (χ0v) is 18.9. The molecule has 0 saturated heterocycles. The minimum Gasteiger partial charge on any atom is -0.490 e. The van der Waals surface area contributed by atoms with E-state index in [2.05, 4.69) is 5.32 Å². The zero-order valence-electron chi connectivity index (χ0n) is 18.1. The largest absolute Gasteiger partial charge is 0.490 e. The van der Waals surface area contributed by atoms with Gasteiger partial charge in [0.05, 0.1) is 19.0 Å². The van der Waals surface area contributed by atoms with Gasteiger partial charge >= 0.3 is 0 Å². The van der Waals surface area contributed by atoms with Crippen molar-refractivity contribution in [1.29, 1.82) is 0 Å². The summed E-state index contributed by atoms with van der Waals surface area (Å²) in [5.74, 6) is 0.844. The molecular formula is C23H30N2O5S. The second-order valence-electron chi connectivity index (χ2n) is 7.31. The lowest BCUT2D eigenvalue weighted by atomic mass is 10.0. The fraction of sp³-hybridized carbons (Fsp3) is 0.435. The fourth-order valence-electron chi connectivity index (χ4n) is 3.59. The lowest BCUT2D eigenvalue weighted by Crippen LogP contribution is -2.38. The van der Waals surface area contributed by atoms with Crippen LogP contribution >= 0.6 is 0 Å². The van der Waals surface area contributed by atoms with Gasteiger partial charge in [-0.15, -0.1) is 0 Å². The summed E-state index contributed by atoms with van der Waals surface area (Å²) in [4.78, 5) is 12.5. The van der Waals surface area contributed by atoms with Crippen molar-refractivity contribution < 1.29 is 22.7 Å². The molecule has 1 amide bonds. The summed E-state index contributed by atoms with van der Waals surface area (Å²) in [6.45, 7) is 5.90. The highest BCUT2D eigenvalue weighted by molar-refractivity contribution is 7.89. The Morgan fingerprint density at radius 2 is 1.74 bits per heavy atom. The van der Waals surface area contributed by atoms with Crippen molar-refractivity contribution in [3.63, 3.8) is 0 Å². The van der Waals surface area contributed by atoms with Crippen LogP contribution in [0.4, 0.5) is 0 Å².